The van der Waals surface area contributed by atoms with Crippen LogP contribution in [0, 0.1) is 5.92 Å². The highest BCUT2D eigenvalue weighted by atomic mass is 16.3. The van der Waals surface area contributed by atoms with Gasteiger partial charge in [0, 0.05) is 20.1 Å². The summed E-state index contributed by atoms with van der Waals surface area (Å²) in [5.74, 6) is 1.28. The lowest BCUT2D eigenvalue weighted by molar-refractivity contribution is 0.112. The number of likely N-dealkylation sites (N-methyl/N-ethyl adjacent to an activating group) is 1. The summed E-state index contributed by atoms with van der Waals surface area (Å²) in [6.07, 6.45) is 5.82. The Morgan fingerprint density at radius 1 is 1.48 bits per heavy atom. The van der Waals surface area contributed by atoms with Gasteiger partial charge in [0.05, 0.1) is 18.4 Å². The fraction of sp³-hybridized carbons (Fsp3) is 0.706. The van der Waals surface area contributed by atoms with Crippen LogP contribution < -0.4 is 5.32 Å². The van der Waals surface area contributed by atoms with Gasteiger partial charge in [0.25, 0.3) is 0 Å². The maximum absolute atomic E-state index is 12.3. The van der Waals surface area contributed by atoms with Crippen molar-refractivity contribution >= 4 is 6.03 Å². The molecule has 2 heterocycles. The average Bonchev–Trinajstić information content (AvgIpc) is 3.02. The second-order valence-corrected chi connectivity index (χ2v) is 6.75. The van der Waals surface area contributed by atoms with Crippen LogP contribution in [0.3, 0.4) is 0 Å². The minimum atomic E-state index is -0.398. The predicted molar refractivity (Wildman–Crippen MR) is 87.0 cm³/mol. The number of carbonyl (C=O) groups is 1. The Kier molecular flexibility index (Phi) is 5.23. The van der Waals surface area contributed by atoms with Gasteiger partial charge >= 0.3 is 6.03 Å². The Bertz CT molecular complexity index is 495. The summed E-state index contributed by atoms with van der Waals surface area (Å²) in [6.45, 7) is 3.00. The molecule has 128 valence electrons. The number of hydrogen-bond donors (Lipinski definition) is 2. The molecule has 1 aliphatic carbocycles. The number of furan rings is 1. The van der Waals surface area contributed by atoms with Gasteiger partial charge in [-0.1, -0.05) is 0 Å². The minimum Gasteiger partial charge on any atom is -0.468 e. The third-order valence-electron chi connectivity index (χ3n) is 4.87. The summed E-state index contributed by atoms with van der Waals surface area (Å²) in [5.41, 5.74) is 0. The third-order valence-corrected chi connectivity index (χ3v) is 4.87. The monoisotopic (exact) mass is 321 g/mol. The predicted octanol–water partition coefficient (Wildman–Crippen LogP) is 1.83. The molecule has 2 unspecified atom stereocenters. The van der Waals surface area contributed by atoms with Gasteiger partial charge in [0.1, 0.15) is 5.76 Å². The second-order valence-electron chi connectivity index (χ2n) is 6.75. The van der Waals surface area contributed by atoms with Crippen LogP contribution in [0.1, 0.15) is 37.5 Å². The molecule has 1 saturated carbocycles. The molecular weight excluding hydrogens is 294 g/mol. The Balaban J connectivity index is 1.52. The number of amides is 2. The molecule has 1 aromatic heterocycles. The molecule has 2 N–H and O–H groups in total. The van der Waals surface area contributed by atoms with E-state index < -0.39 is 6.10 Å². The molecule has 2 fully saturated rings. The van der Waals surface area contributed by atoms with E-state index in [1.807, 2.05) is 12.1 Å². The standard InChI is InChI=1S/C17H27N3O3/c1-19(12-15(21)13-6-7-13)17(22)18-11-14(16-5-4-10-23-16)20-8-2-3-9-20/h4-5,10,13-15,21H,2-3,6-9,11-12H2,1H3,(H,18,22). The molecule has 0 bridgehead atoms. The van der Waals surface area contributed by atoms with Crippen LogP contribution in [0.25, 0.3) is 0 Å². The molecule has 6 nitrogen and oxygen atoms in total. The highest BCUT2D eigenvalue weighted by molar-refractivity contribution is 5.73. The molecule has 2 amide bonds. The van der Waals surface area contributed by atoms with Gasteiger partial charge in [-0.25, -0.2) is 4.79 Å². The van der Waals surface area contributed by atoms with Crippen molar-refractivity contribution in [3.8, 4) is 0 Å². The maximum Gasteiger partial charge on any atom is 0.317 e. The van der Waals surface area contributed by atoms with Crippen molar-refractivity contribution in [1.82, 2.24) is 15.1 Å². The number of likely N-dealkylation sites (tertiary alicyclic amines) is 1. The maximum atomic E-state index is 12.3. The first kappa shape index (κ1) is 16.3. The number of carbonyl (C=O) groups excluding carboxylic acids is 1. The Morgan fingerprint density at radius 2 is 2.22 bits per heavy atom. The van der Waals surface area contributed by atoms with E-state index in [9.17, 15) is 9.90 Å². The summed E-state index contributed by atoms with van der Waals surface area (Å²) in [5, 5.41) is 13.0. The zero-order valence-corrected chi connectivity index (χ0v) is 13.8. The van der Waals surface area contributed by atoms with Crippen LogP contribution in [0.15, 0.2) is 22.8 Å². The van der Waals surface area contributed by atoms with Crippen molar-refractivity contribution in [2.75, 3.05) is 33.2 Å². The quantitative estimate of drug-likeness (QED) is 0.804. The smallest absolute Gasteiger partial charge is 0.317 e. The van der Waals surface area contributed by atoms with Gasteiger partial charge in [-0.05, 0) is 56.8 Å². The average molecular weight is 321 g/mol. The number of nitrogens with zero attached hydrogens (tertiary/aromatic N) is 2. The van der Waals surface area contributed by atoms with E-state index >= 15 is 0 Å². The third kappa shape index (κ3) is 4.26. The van der Waals surface area contributed by atoms with E-state index in [0.717, 1.165) is 31.7 Å². The van der Waals surface area contributed by atoms with Gasteiger partial charge in [-0.2, -0.15) is 0 Å². The van der Waals surface area contributed by atoms with Crippen molar-refractivity contribution < 1.29 is 14.3 Å². The van der Waals surface area contributed by atoms with E-state index in [-0.39, 0.29) is 12.1 Å². The van der Waals surface area contributed by atoms with Crippen molar-refractivity contribution in [2.45, 2.75) is 37.8 Å². The molecule has 0 radical (unpaired) electrons. The van der Waals surface area contributed by atoms with Gasteiger partial charge in [-0.15, -0.1) is 0 Å². The summed E-state index contributed by atoms with van der Waals surface area (Å²) >= 11 is 0. The molecule has 0 spiro atoms. The summed E-state index contributed by atoms with van der Waals surface area (Å²) in [4.78, 5) is 16.2. The van der Waals surface area contributed by atoms with E-state index in [2.05, 4.69) is 10.2 Å². The van der Waals surface area contributed by atoms with Crippen molar-refractivity contribution in [2.24, 2.45) is 5.92 Å². The van der Waals surface area contributed by atoms with Crippen LogP contribution in [-0.4, -0.2) is 60.3 Å². The van der Waals surface area contributed by atoms with Crippen LogP contribution in [-0.2, 0) is 0 Å². The van der Waals surface area contributed by atoms with Gasteiger partial charge < -0.3 is 19.7 Å². The summed E-state index contributed by atoms with van der Waals surface area (Å²) < 4.78 is 5.56. The molecule has 1 saturated heterocycles. The van der Waals surface area contributed by atoms with Crippen molar-refractivity contribution in [3.63, 3.8) is 0 Å². The van der Waals surface area contributed by atoms with Crippen LogP contribution in [0.2, 0.25) is 0 Å². The van der Waals surface area contributed by atoms with Crippen LogP contribution in [0.5, 0.6) is 0 Å². The fourth-order valence-corrected chi connectivity index (χ4v) is 3.26. The normalized spacial score (nSPS) is 21.1. The number of aliphatic hydroxyl groups excluding tert-OH is 1. The first-order chi connectivity index (χ1) is 11.1. The molecule has 1 aliphatic heterocycles. The number of urea groups is 1. The SMILES string of the molecule is CN(CC(O)C1CC1)C(=O)NCC(c1ccco1)N1CCCC1. The van der Waals surface area contributed by atoms with Crippen LogP contribution >= 0.6 is 0 Å². The Labute approximate surface area is 137 Å². The topological polar surface area (TPSA) is 69.0 Å². The largest absolute Gasteiger partial charge is 0.468 e. The minimum absolute atomic E-state index is 0.0817. The van der Waals surface area contributed by atoms with Crippen molar-refractivity contribution in [3.05, 3.63) is 24.2 Å². The molecular formula is C17H27N3O3. The summed E-state index contributed by atoms with van der Waals surface area (Å²) in [6, 6.07) is 3.80. The number of rotatable bonds is 7. The highest BCUT2D eigenvalue weighted by Gasteiger charge is 2.31. The highest BCUT2D eigenvalue weighted by Crippen LogP contribution is 2.32. The molecule has 1 aromatic rings. The van der Waals surface area contributed by atoms with E-state index in [0.29, 0.717) is 19.0 Å². The first-order valence-electron chi connectivity index (χ1n) is 8.59. The van der Waals surface area contributed by atoms with Gasteiger partial charge in [0.15, 0.2) is 0 Å². The van der Waals surface area contributed by atoms with E-state index in [1.54, 1.807) is 18.2 Å². The number of hydrogen-bond acceptors (Lipinski definition) is 4. The lowest BCUT2D eigenvalue weighted by Gasteiger charge is -2.27. The molecule has 6 heteroatoms. The zero-order chi connectivity index (χ0) is 16.2. The number of aliphatic hydroxyl groups is 1. The second kappa shape index (κ2) is 7.36. The van der Waals surface area contributed by atoms with E-state index in [1.165, 1.54) is 12.8 Å². The molecule has 2 aliphatic rings. The van der Waals surface area contributed by atoms with Crippen molar-refractivity contribution in [1.29, 1.82) is 0 Å². The lowest BCUT2D eigenvalue weighted by atomic mass is 10.2. The molecule has 2 atom stereocenters. The molecule has 0 aromatic carbocycles. The first-order valence-corrected chi connectivity index (χ1v) is 8.59. The molecule has 3 rings (SSSR count). The van der Waals surface area contributed by atoms with Gasteiger partial charge in [-0.3, -0.25) is 4.90 Å². The Hall–Kier alpha value is -1.53. The summed E-state index contributed by atoms with van der Waals surface area (Å²) in [7, 11) is 1.73. The van der Waals surface area contributed by atoms with Gasteiger partial charge in [0.2, 0.25) is 0 Å². The zero-order valence-electron chi connectivity index (χ0n) is 13.8. The van der Waals surface area contributed by atoms with Crippen LogP contribution in [0.4, 0.5) is 4.79 Å². The fourth-order valence-electron chi connectivity index (χ4n) is 3.26. The lowest BCUT2D eigenvalue weighted by Crippen LogP contribution is -2.44. The Morgan fingerprint density at radius 3 is 2.83 bits per heavy atom. The number of nitrogens with one attached hydrogen (secondary N) is 1. The van der Waals surface area contributed by atoms with E-state index in [4.69, 9.17) is 4.42 Å². The molecule has 23 heavy (non-hydrogen) atoms.